The van der Waals surface area contributed by atoms with Gasteiger partial charge in [-0.15, -0.1) is 0 Å². The summed E-state index contributed by atoms with van der Waals surface area (Å²) >= 11 is 6.21. The van der Waals surface area contributed by atoms with Crippen LogP contribution in [0.15, 0.2) is 36.8 Å². The van der Waals surface area contributed by atoms with E-state index in [2.05, 4.69) is 25.6 Å². The Balaban J connectivity index is 1.91. The average molecular weight is 387 g/mol. The fourth-order valence-corrected chi connectivity index (χ4v) is 2.65. The summed E-state index contributed by atoms with van der Waals surface area (Å²) in [5, 5.41) is 6.64. The molecule has 27 heavy (non-hydrogen) atoms. The van der Waals surface area contributed by atoms with E-state index in [4.69, 9.17) is 26.8 Å². The zero-order valence-corrected chi connectivity index (χ0v) is 15.8. The molecule has 2 heterocycles. The minimum atomic E-state index is 0.329. The molecule has 0 fully saturated rings. The second-order valence-electron chi connectivity index (χ2n) is 5.64. The number of halogens is 1. The number of benzene rings is 1. The third-order valence-electron chi connectivity index (χ3n) is 3.77. The first kappa shape index (κ1) is 18.5. The van der Waals surface area contributed by atoms with Gasteiger partial charge in [-0.2, -0.15) is 0 Å². The highest BCUT2D eigenvalue weighted by Gasteiger charge is 2.14. The molecule has 3 aromatic rings. The first-order chi connectivity index (χ1) is 13.0. The summed E-state index contributed by atoms with van der Waals surface area (Å²) in [6, 6.07) is 7.15. The summed E-state index contributed by atoms with van der Waals surface area (Å²) in [6.45, 7) is 1.98. The van der Waals surface area contributed by atoms with Crippen molar-refractivity contribution in [3.63, 3.8) is 0 Å². The summed E-state index contributed by atoms with van der Waals surface area (Å²) in [4.78, 5) is 12.6. The first-order valence-corrected chi connectivity index (χ1v) is 8.38. The van der Waals surface area contributed by atoms with Crippen LogP contribution in [-0.4, -0.2) is 29.2 Å². The van der Waals surface area contributed by atoms with Crippen LogP contribution in [0.1, 0.15) is 5.56 Å². The minimum Gasteiger partial charge on any atom is -0.495 e. The van der Waals surface area contributed by atoms with E-state index in [9.17, 15) is 0 Å². The molecule has 0 aliphatic carbocycles. The van der Waals surface area contributed by atoms with Crippen LogP contribution < -0.4 is 25.8 Å². The van der Waals surface area contributed by atoms with Crippen LogP contribution in [0.4, 0.5) is 28.8 Å². The van der Waals surface area contributed by atoms with Gasteiger partial charge in [-0.05, 0) is 30.7 Å². The average Bonchev–Trinajstić information content (AvgIpc) is 2.65. The van der Waals surface area contributed by atoms with E-state index in [-0.39, 0.29) is 0 Å². The molecule has 9 heteroatoms. The van der Waals surface area contributed by atoms with Crippen molar-refractivity contribution in [1.29, 1.82) is 0 Å². The molecule has 0 atom stereocenters. The van der Waals surface area contributed by atoms with Gasteiger partial charge in [0.25, 0.3) is 0 Å². The quantitative estimate of drug-likeness (QED) is 0.585. The lowest BCUT2D eigenvalue weighted by Gasteiger charge is -2.15. The van der Waals surface area contributed by atoms with Crippen molar-refractivity contribution in [1.82, 2.24) is 15.0 Å². The van der Waals surface area contributed by atoms with Crippen LogP contribution >= 0.6 is 11.6 Å². The molecule has 8 nitrogen and oxygen atoms in total. The molecule has 0 saturated heterocycles. The number of nitrogens with zero attached hydrogens (tertiary/aromatic N) is 3. The van der Waals surface area contributed by atoms with Gasteiger partial charge in [0, 0.05) is 12.3 Å². The number of anilines is 5. The molecule has 140 valence electrons. The molecule has 2 aromatic heterocycles. The Labute approximate surface area is 161 Å². The minimum absolute atomic E-state index is 0.329. The second kappa shape index (κ2) is 7.96. The second-order valence-corrected chi connectivity index (χ2v) is 6.05. The van der Waals surface area contributed by atoms with Crippen molar-refractivity contribution in [2.24, 2.45) is 0 Å². The highest BCUT2D eigenvalue weighted by atomic mass is 35.5. The number of nitrogens with two attached hydrogens (primary N) is 1. The van der Waals surface area contributed by atoms with E-state index in [1.165, 1.54) is 13.4 Å². The molecule has 0 bridgehead atoms. The smallest absolute Gasteiger partial charge is 0.160 e. The maximum Gasteiger partial charge on any atom is 0.160 e. The number of pyridine rings is 1. The van der Waals surface area contributed by atoms with E-state index in [1.807, 2.05) is 19.1 Å². The highest BCUT2D eigenvalue weighted by molar-refractivity contribution is 6.32. The molecule has 0 spiro atoms. The number of hydrogen-bond donors (Lipinski definition) is 3. The van der Waals surface area contributed by atoms with E-state index < -0.39 is 0 Å². The summed E-state index contributed by atoms with van der Waals surface area (Å²) in [5.74, 6) is 2.51. The Bertz CT molecular complexity index is 967. The molecule has 0 radical (unpaired) electrons. The predicted molar refractivity (Wildman–Crippen MR) is 107 cm³/mol. The van der Waals surface area contributed by atoms with Gasteiger partial charge in [-0.25, -0.2) is 15.0 Å². The van der Waals surface area contributed by atoms with Gasteiger partial charge in [0.05, 0.1) is 24.9 Å². The van der Waals surface area contributed by atoms with Crippen LogP contribution in [-0.2, 0) is 0 Å². The van der Waals surface area contributed by atoms with Gasteiger partial charge >= 0.3 is 0 Å². The number of methoxy groups -OCH3 is 2. The Kier molecular flexibility index (Phi) is 5.46. The monoisotopic (exact) mass is 386 g/mol. The maximum absolute atomic E-state index is 6.23. The van der Waals surface area contributed by atoms with Crippen LogP contribution in [0.5, 0.6) is 11.5 Å². The van der Waals surface area contributed by atoms with Crippen molar-refractivity contribution in [3.8, 4) is 11.5 Å². The van der Waals surface area contributed by atoms with E-state index in [1.54, 1.807) is 25.4 Å². The molecule has 0 saturated carbocycles. The van der Waals surface area contributed by atoms with Crippen molar-refractivity contribution in [2.45, 2.75) is 6.92 Å². The SMILES string of the molecule is COc1cc(OC)c(Nc2ncnc(Nc3cc(C)ccn3)c2N)cc1Cl. The third kappa shape index (κ3) is 4.12. The number of nitrogen functional groups attached to an aromatic ring is 1. The zero-order chi connectivity index (χ0) is 19.4. The first-order valence-electron chi connectivity index (χ1n) is 8.00. The number of ether oxygens (including phenoxy) is 2. The van der Waals surface area contributed by atoms with E-state index in [0.717, 1.165) is 5.56 Å². The molecule has 0 unspecified atom stereocenters. The molecule has 3 rings (SSSR count). The van der Waals surface area contributed by atoms with Gasteiger partial charge in [0.1, 0.15) is 29.3 Å². The maximum atomic E-state index is 6.23. The van der Waals surface area contributed by atoms with Crippen molar-refractivity contribution in [3.05, 3.63) is 47.4 Å². The summed E-state index contributed by atoms with van der Waals surface area (Å²) in [7, 11) is 3.08. The fourth-order valence-electron chi connectivity index (χ4n) is 2.41. The largest absolute Gasteiger partial charge is 0.495 e. The van der Waals surface area contributed by atoms with Gasteiger partial charge < -0.3 is 25.8 Å². The molecule has 0 aliphatic rings. The van der Waals surface area contributed by atoms with Gasteiger partial charge in [0.2, 0.25) is 0 Å². The third-order valence-corrected chi connectivity index (χ3v) is 4.07. The molecular weight excluding hydrogens is 368 g/mol. The highest BCUT2D eigenvalue weighted by Crippen LogP contribution is 2.38. The van der Waals surface area contributed by atoms with Crippen LogP contribution in [0.2, 0.25) is 5.02 Å². The van der Waals surface area contributed by atoms with Gasteiger partial charge in [-0.3, -0.25) is 0 Å². The standard InChI is InChI=1S/C18H19ClN6O2/c1-10-4-5-21-15(6-10)25-18-16(20)17(22-9-23-18)24-12-7-11(19)13(26-2)8-14(12)27-3/h4-9H,20H2,1-3H3,(H2,21,22,23,24,25). The lowest BCUT2D eigenvalue weighted by Crippen LogP contribution is -2.06. The number of nitrogens with one attached hydrogen (secondary N) is 2. The lowest BCUT2D eigenvalue weighted by atomic mass is 10.2. The summed E-state index contributed by atoms with van der Waals surface area (Å²) in [5.41, 5.74) is 8.21. The zero-order valence-electron chi connectivity index (χ0n) is 15.1. The van der Waals surface area contributed by atoms with Crippen molar-refractivity contribution < 1.29 is 9.47 Å². The Morgan fingerprint density at radius 3 is 2.33 bits per heavy atom. The molecule has 4 N–H and O–H groups in total. The topological polar surface area (TPSA) is 107 Å². The Morgan fingerprint density at radius 1 is 0.963 bits per heavy atom. The van der Waals surface area contributed by atoms with Crippen molar-refractivity contribution in [2.75, 3.05) is 30.6 Å². The Hall–Kier alpha value is -3.26. The Morgan fingerprint density at radius 2 is 1.67 bits per heavy atom. The molecular formula is C18H19ClN6O2. The molecule has 1 aromatic carbocycles. The van der Waals surface area contributed by atoms with Crippen LogP contribution in [0.25, 0.3) is 0 Å². The number of aromatic nitrogens is 3. The fraction of sp³-hybridized carbons (Fsp3) is 0.167. The van der Waals surface area contributed by atoms with Crippen molar-refractivity contribution >= 4 is 40.4 Å². The van der Waals surface area contributed by atoms with E-state index in [0.29, 0.717) is 45.4 Å². The number of rotatable bonds is 6. The lowest BCUT2D eigenvalue weighted by molar-refractivity contribution is 0.396. The van der Waals surface area contributed by atoms with Gasteiger partial charge in [0.15, 0.2) is 11.6 Å². The normalized spacial score (nSPS) is 10.4. The number of aryl methyl sites for hydroxylation is 1. The van der Waals surface area contributed by atoms with Crippen LogP contribution in [0.3, 0.4) is 0 Å². The van der Waals surface area contributed by atoms with Crippen LogP contribution in [0, 0.1) is 6.92 Å². The van der Waals surface area contributed by atoms with E-state index >= 15 is 0 Å². The summed E-state index contributed by atoms with van der Waals surface area (Å²) < 4.78 is 10.6. The molecule has 0 aliphatic heterocycles. The summed E-state index contributed by atoms with van der Waals surface area (Å²) in [6.07, 6.45) is 3.10. The predicted octanol–water partition coefficient (Wildman–Crippen LogP) is 3.92. The number of hydrogen-bond acceptors (Lipinski definition) is 8. The molecule has 0 amide bonds. The van der Waals surface area contributed by atoms with Gasteiger partial charge in [-0.1, -0.05) is 11.6 Å².